The number of amidine groups is 1. The molecule has 3 N–H and O–H groups in total. The average Bonchev–Trinajstić information content (AvgIpc) is 2.56. The maximum atomic E-state index is 8.57. The third-order valence-corrected chi connectivity index (χ3v) is 2.08. The van der Waals surface area contributed by atoms with Crippen LogP contribution < -0.4 is 5.73 Å². The Kier molecular flexibility index (Phi) is 1.85. The maximum absolute atomic E-state index is 8.57. The molecule has 0 saturated carbocycles. The van der Waals surface area contributed by atoms with Gasteiger partial charge in [0.2, 0.25) is 0 Å². The normalized spacial score (nSPS) is 12.2. The zero-order chi connectivity index (χ0) is 10.1. The van der Waals surface area contributed by atoms with Crippen LogP contribution in [-0.4, -0.2) is 20.4 Å². The summed E-state index contributed by atoms with van der Waals surface area (Å²) in [7, 11) is 0. The fourth-order valence-electron chi connectivity index (χ4n) is 1.43. The number of aromatic nitrogens is 2. The van der Waals surface area contributed by atoms with E-state index >= 15 is 0 Å². The number of hydrogen-bond acceptors (Lipinski definition) is 3. The highest BCUT2D eigenvalue weighted by molar-refractivity contribution is 6.01. The molecule has 0 aliphatic rings. The zero-order valence-corrected chi connectivity index (χ0v) is 7.68. The van der Waals surface area contributed by atoms with Gasteiger partial charge in [0.15, 0.2) is 5.84 Å². The summed E-state index contributed by atoms with van der Waals surface area (Å²) in [4.78, 5) is 4.21. The van der Waals surface area contributed by atoms with E-state index < -0.39 is 0 Å². The van der Waals surface area contributed by atoms with Crippen molar-refractivity contribution in [3.63, 3.8) is 0 Å². The summed E-state index contributed by atoms with van der Waals surface area (Å²) >= 11 is 0. The van der Waals surface area contributed by atoms with Crippen LogP contribution in [0.15, 0.2) is 29.6 Å². The first-order chi connectivity index (χ1) is 6.74. The van der Waals surface area contributed by atoms with Crippen LogP contribution in [-0.2, 0) is 0 Å². The SMILES string of the molecule is Cc1nc(/C(N)=N\O)c2ccccn12. The summed E-state index contributed by atoms with van der Waals surface area (Å²) in [5.41, 5.74) is 6.84. The molecule has 72 valence electrons. The molecule has 2 heterocycles. The van der Waals surface area contributed by atoms with Gasteiger partial charge >= 0.3 is 0 Å². The van der Waals surface area contributed by atoms with Gasteiger partial charge in [-0.2, -0.15) is 0 Å². The van der Waals surface area contributed by atoms with Gasteiger partial charge in [0.05, 0.1) is 5.52 Å². The van der Waals surface area contributed by atoms with Crippen molar-refractivity contribution < 1.29 is 5.21 Å². The molecule has 0 aliphatic heterocycles. The predicted octanol–water partition coefficient (Wildman–Crippen LogP) is 0.737. The zero-order valence-electron chi connectivity index (χ0n) is 7.68. The van der Waals surface area contributed by atoms with Crippen molar-refractivity contribution in [1.82, 2.24) is 9.38 Å². The number of rotatable bonds is 1. The number of nitrogens with two attached hydrogens (primary N) is 1. The standard InChI is InChI=1S/C9H10N4O/c1-6-11-8(9(10)12-14)7-4-2-3-5-13(6)7/h2-5,14H,1H3,(H2,10,12). The van der Waals surface area contributed by atoms with Crippen molar-refractivity contribution in [2.24, 2.45) is 10.9 Å². The van der Waals surface area contributed by atoms with Crippen LogP contribution in [0, 0.1) is 6.92 Å². The van der Waals surface area contributed by atoms with Gasteiger partial charge in [0, 0.05) is 6.20 Å². The Labute approximate surface area is 80.5 Å². The maximum Gasteiger partial charge on any atom is 0.191 e. The molecular weight excluding hydrogens is 180 g/mol. The highest BCUT2D eigenvalue weighted by Gasteiger charge is 2.10. The molecule has 0 fully saturated rings. The molecule has 0 saturated heterocycles. The molecule has 0 bridgehead atoms. The van der Waals surface area contributed by atoms with Crippen molar-refractivity contribution in [2.45, 2.75) is 6.92 Å². The summed E-state index contributed by atoms with van der Waals surface area (Å²) in [5, 5.41) is 11.5. The lowest BCUT2D eigenvalue weighted by Crippen LogP contribution is -2.13. The second-order valence-corrected chi connectivity index (χ2v) is 2.95. The molecule has 0 spiro atoms. The van der Waals surface area contributed by atoms with E-state index in [4.69, 9.17) is 10.9 Å². The molecule has 5 nitrogen and oxygen atoms in total. The topological polar surface area (TPSA) is 75.9 Å². The van der Waals surface area contributed by atoms with E-state index in [2.05, 4.69) is 10.1 Å². The first kappa shape index (κ1) is 8.55. The van der Waals surface area contributed by atoms with Gasteiger partial charge in [-0.05, 0) is 19.1 Å². The van der Waals surface area contributed by atoms with Crippen molar-refractivity contribution in [3.05, 3.63) is 35.9 Å². The van der Waals surface area contributed by atoms with Crippen molar-refractivity contribution in [2.75, 3.05) is 0 Å². The summed E-state index contributed by atoms with van der Waals surface area (Å²) in [5.74, 6) is 0.837. The molecule has 0 aliphatic carbocycles. The Balaban J connectivity index is 2.79. The largest absolute Gasteiger partial charge is 0.409 e. The second-order valence-electron chi connectivity index (χ2n) is 2.95. The van der Waals surface area contributed by atoms with Crippen LogP contribution in [0.2, 0.25) is 0 Å². The fourth-order valence-corrected chi connectivity index (χ4v) is 1.43. The van der Waals surface area contributed by atoms with Gasteiger partial charge in [0.25, 0.3) is 0 Å². The fraction of sp³-hybridized carbons (Fsp3) is 0.111. The van der Waals surface area contributed by atoms with Gasteiger partial charge in [-0.15, -0.1) is 0 Å². The van der Waals surface area contributed by atoms with E-state index in [0.29, 0.717) is 5.69 Å². The highest BCUT2D eigenvalue weighted by Crippen LogP contribution is 2.11. The lowest BCUT2D eigenvalue weighted by Gasteiger charge is -1.95. The van der Waals surface area contributed by atoms with E-state index in [1.54, 1.807) is 0 Å². The smallest absolute Gasteiger partial charge is 0.191 e. The summed E-state index contributed by atoms with van der Waals surface area (Å²) < 4.78 is 1.88. The molecule has 0 aromatic carbocycles. The van der Waals surface area contributed by atoms with Gasteiger partial charge in [-0.25, -0.2) is 4.98 Å². The number of aryl methyl sites for hydroxylation is 1. The van der Waals surface area contributed by atoms with Crippen LogP contribution in [0.25, 0.3) is 5.52 Å². The van der Waals surface area contributed by atoms with Crippen molar-refractivity contribution in [1.29, 1.82) is 0 Å². The average molecular weight is 190 g/mol. The molecular formula is C9H10N4O. The number of nitrogens with zero attached hydrogens (tertiary/aromatic N) is 3. The molecule has 0 atom stereocenters. The minimum atomic E-state index is 0.0294. The van der Waals surface area contributed by atoms with Gasteiger partial charge < -0.3 is 15.3 Å². The Bertz CT molecular complexity index is 500. The van der Waals surface area contributed by atoms with Crippen LogP contribution in [0.1, 0.15) is 11.5 Å². The van der Waals surface area contributed by atoms with E-state index in [-0.39, 0.29) is 5.84 Å². The first-order valence-corrected chi connectivity index (χ1v) is 4.15. The Morgan fingerprint density at radius 3 is 3.07 bits per heavy atom. The quantitative estimate of drug-likeness (QED) is 0.301. The Hall–Kier alpha value is -2.04. The lowest BCUT2D eigenvalue weighted by molar-refractivity contribution is 0.318. The third kappa shape index (κ3) is 1.10. The van der Waals surface area contributed by atoms with Crippen LogP contribution in [0.3, 0.4) is 0 Å². The molecule has 0 unspecified atom stereocenters. The van der Waals surface area contributed by atoms with Crippen molar-refractivity contribution in [3.8, 4) is 0 Å². The van der Waals surface area contributed by atoms with E-state index in [9.17, 15) is 0 Å². The van der Waals surface area contributed by atoms with Crippen molar-refractivity contribution >= 4 is 11.4 Å². The molecule has 2 aromatic heterocycles. The Morgan fingerprint density at radius 1 is 1.57 bits per heavy atom. The van der Waals surface area contributed by atoms with E-state index in [0.717, 1.165) is 11.3 Å². The molecule has 0 radical (unpaired) electrons. The molecule has 2 aromatic rings. The number of pyridine rings is 1. The third-order valence-electron chi connectivity index (χ3n) is 2.08. The predicted molar refractivity (Wildman–Crippen MR) is 52.4 cm³/mol. The van der Waals surface area contributed by atoms with Gasteiger partial charge in [-0.3, -0.25) is 0 Å². The van der Waals surface area contributed by atoms with Crippen LogP contribution >= 0.6 is 0 Å². The van der Waals surface area contributed by atoms with Gasteiger partial charge in [0.1, 0.15) is 11.5 Å². The number of fused-ring (bicyclic) bond motifs is 1. The lowest BCUT2D eigenvalue weighted by atomic mass is 10.3. The summed E-state index contributed by atoms with van der Waals surface area (Å²) in [6.45, 7) is 1.86. The number of oxime groups is 1. The minimum Gasteiger partial charge on any atom is -0.409 e. The van der Waals surface area contributed by atoms with Crippen LogP contribution in [0.4, 0.5) is 0 Å². The molecule has 2 rings (SSSR count). The number of hydrogen-bond donors (Lipinski definition) is 2. The monoisotopic (exact) mass is 190 g/mol. The molecule has 0 amide bonds. The number of imidazole rings is 1. The van der Waals surface area contributed by atoms with E-state index in [1.807, 2.05) is 35.7 Å². The van der Waals surface area contributed by atoms with E-state index in [1.165, 1.54) is 0 Å². The van der Waals surface area contributed by atoms with Gasteiger partial charge in [-0.1, -0.05) is 11.2 Å². The Morgan fingerprint density at radius 2 is 2.36 bits per heavy atom. The summed E-state index contributed by atoms with van der Waals surface area (Å²) in [6.07, 6.45) is 1.88. The molecule has 5 heteroatoms. The second kappa shape index (κ2) is 3.02. The molecule has 14 heavy (non-hydrogen) atoms. The minimum absolute atomic E-state index is 0.0294. The highest BCUT2D eigenvalue weighted by atomic mass is 16.4. The summed E-state index contributed by atoms with van der Waals surface area (Å²) in [6, 6.07) is 5.65. The van der Waals surface area contributed by atoms with Crippen LogP contribution in [0.5, 0.6) is 0 Å². The first-order valence-electron chi connectivity index (χ1n) is 4.15.